The number of nitrogens with zero attached hydrogens (tertiary/aromatic N) is 3. The molecule has 0 radical (unpaired) electrons. The van der Waals surface area contributed by atoms with Crippen molar-refractivity contribution >= 4 is 6.08 Å². The van der Waals surface area contributed by atoms with E-state index in [1.165, 1.54) is 5.56 Å². The van der Waals surface area contributed by atoms with Crippen LogP contribution in [0.3, 0.4) is 0 Å². The minimum atomic E-state index is 0.587. The van der Waals surface area contributed by atoms with Crippen LogP contribution >= 0.6 is 0 Å². The first-order valence-electron chi connectivity index (χ1n) is 5.80. The predicted molar refractivity (Wildman–Crippen MR) is 71.5 cm³/mol. The SMILES string of the molecule is C=Cc1cccc(CNCCCCN=[N+]=[N-])c1. The van der Waals surface area contributed by atoms with E-state index >= 15 is 0 Å². The highest BCUT2D eigenvalue weighted by atomic mass is 15.1. The molecule has 0 amide bonds. The molecule has 1 N–H and O–H groups in total. The summed E-state index contributed by atoms with van der Waals surface area (Å²) < 4.78 is 0. The second kappa shape index (κ2) is 8.39. The van der Waals surface area contributed by atoms with Gasteiger partial charge in [-0.05, 0) is 36.0 Å². The Balaban J connectivity index is 2.17. The van der Waals surface area contributed by atoms with Crippen LogP contribution in [0.15, 0.2) is 36.0 Å². The lowest BCUT2D eigenvalue weighted by Crippen LogP contribution is -2.14. The first-order chi connectivity index (χ1) is 8.36. The quantitative estimate of drug-likeness (QED) is 0.316. The summed E-state index contributed by atoms with van der Waals surface area (Å²) in [5.41, 5.74) is 10.5. The zero-order chi connectivity index (χ0) is 12.3. The van der Waals surface area contributed by atoms with E-state index in [2.05, 4.69) is 34.1 Å². The van der Waals surface area contributed by atoms with Crippen LogP contribution < -0.4 is 5.32 Å². The van der Waals surface area contributed by atoms with Crippen molar-refractivity contribution < 1.29 is 0 Å². The lowest BCUT2D eigenvalue weighted by atomic mass is 10.1. The summed E-state index contributed by atoms with van der Waals surface area (Å²) in [4.78, 5) is 2.72. The third-order valence-electron chi connectivity index (χ3n) is 2.44. The van der Waals surface area contributed by atoms with Crippen LogP contribution in [0.5, 0.6) is 0 Å². The second-order valence-electron chi connectivity index (χ2n) is 3.79. The Morgan fingerprint density at radius 1 is 1.41 bits per heavy atom. The molecule has 17 heavy (non-hydrogen) atoms. The van der Waals surface area contributed by atoms with E-state index in [0.717, 1.165) is 31.5 Å². The number of hydrogen-bond acceptors (Lipinski definition) is 2. The van der Waals surface area contributed by atoms with Gasteiger partial charge in [-0.15, -0.1) is 0 Å². The molecule has 0 aliphatic rings. The molecule has 0 fully saturated rings. The lowest BCUT2D eigenvalue weighted by molar-refractivity contribution is 0.627. The Bertz CT molecular complexity index is 394. The summed E-state index contributed by atoms with van der Waals surface area (Å²) in [5, 5.41) is 6.85. The first-order valence-corrected chi connectivity index (χ1v) is 5.80. The third kappa shape index (κ3) is 5.76. The van der Waals surface area contributed by atoms with Gasteiger partial charge in [0.25, 0.3) is 0 Å². The molecule has 0 aliphatic carbocycles. The van der Waals surface area contributed by atoms with E-state index in [4.69, 9.17) is 5.53 Å². The highest BCUT2D eigenvalue weighted by molar-refractivity contribution is 5.47. The highest BCUT2D eigenvalue weighted by Crippen LogP contribution is 2.05. The van der Waals surface area contributed by atoms with Crippen LogP contribution in [0.2, 0.25) is 0 Å². The Morgan fingerprint density at radius 3 is 3.06 bits per heavy atom. The van der Waals surface area contributed by atoms with Crippen LogP contribution in [0.1, 0.15) is 24.0 Å². The van der Waals surface area contributed by atoms with Gasteiger partial charge in [-0.25, -0.2) is 0 Å². The van der Waals surface area contributed by atoms with E-state index in [9.17, 15) is 0 Å². The van der Waals surface area contributed by atoms with Crippen molar-refractivity contribution in [2.45, 2.75) is 19.4 Å². The van der Waals surface area contributed by atoms with E-state index in [1.807, 2.05) is 18.2 Å². The van der Waals surface area contributed by atoms with Gasteiger partial charge in [-0.1, -0.05) is 42.0 Å². The largest absolute Gasteiger partial charge is 0.313 e. The Hall–Kier alpha value is -1.77. The Morgan fingerprint density at radius 2 is 2.29 bits per heavy atom. The second-order valence-corrected chi connectivity index (χ2v) is 3.79. The maximum atomic E-state index is 8.10. The predicted octanol–water partition coefficient (Wildman–Crippen LogP) is 3.51. The topological polar surface area (TPSA) is 60.8 Å². The average Bonchev–Trinajstić information content (AvgIpc) is 2.38. The molecular weight excluding hydrogens is 212 g/mol. The molecule has 4 nitrogen and oxygen atoms in total. The number of hydrogen-bond donors (Lipinski definition) is 1. The van der Waals surface area contributed by atoms with Crippen molar-refractivity contribution in [2.75, 3.05) is 13.1 Å². The molecule has 0 aliphatic heterocycles. The number of azide groups is 1. The Labute approximate surface area is 102 Å². The maximum absolute atomic E-state index is 8.10. The molecule has 0 aromatic heterocycles. The molecule has 90 valence electrons. The van der Waals surface area contributed by atoms with Crippen molar-refractivity contribution in [1.29, 1.82) is 0 Å². The standard InChI is InChI=1S/C13H18N4/c1-2-12-6-5-7-13(10-12)11-15-8-3-4-9-16-17-14/h2,5-7,10,15H,1,3-4,8-9,11H2. The van der Waals surface area contributed by atoms with Crippen LogP contribution in [-0.2, 0) is 6.54 Å². The number of nitrogens with one attached hydrogen (secondary N) is 1. The fourth-order valence-corrected chi connectivity index (χ4v) is 1.54. The summed E-state index contributed by atoms with van der Waals surface area (Å²) in [7, 11) is 0. The van der Waals surface area contributed by atoms with Crippen LogP contribution in [0, 0.1) is 0 Å². The first kappa shape index (κ1) is 13.3. The van der Waals surface area contributed by atoms with Gasteiger partial charge >= 0.3 is 0 Å². The van der Waals surface area contributed by atoms with Gasteiger partial charge in [-0.2, -0.15) is 0 Å². The van der Waals surface area contributed by atoms with Crippen LogP contribution in [0.4, 0.5) is 0 Å². The van der Waals surface area contributed by atoms with Gasteiger partial charge in [0.2, 0.25) is 0 Å². The summed E-state index contributed by atoms with van der Waals surface area (Å²) in [6.45, 7) is 6.15. The van der Waals surface area contributed by atoms with Gasteiger partial charge in [0.1, 0.15) is 0 Å². The zero-order valence-electron chi connectivity index (χ0n) is 9.97. The van der Waals surface area contributed by atoms with Gasteiger partial charge in [0.05, 0.1) is 0 Å². The molecule has 0 saturated carbocycles. The van der Waals surface area contributed by atoms with Gasteiger partial charge in [0, 0.05) is 18.0 Å². The summed E-state index contributed by atoms with van der Waals surface area (Å²) in [5.74, 6) is 0. The molecule has 0 unspecified atom stereocenters. The average molecular weight is 230 g/mol. The lowest BCUT2D eigenvalue weighted by Gasteiger charge is -2.05. The van der Waals surface area contributed by atoms with E-state index in [1.54, 1.807) is 0 Å². The molecule has 1 aromatic rings. The monoisotopic (exact) mass is 230 g/mol. The van der Waals surface area contributed by atoms with Gasteiger partial charge in [-0.3, -0.25) is 0 Å². The van der Waals surface area contributed by atoms with E-state index < -0.39 is 0 Å². The smallest absolute Gasteiger partial charge is 0.0258 e. The molecule has 0 atom stereocenters. The summed E-state index contributed by atoms with van der Waals surface area (Å²) in [6.07, 6.45) is 3.81. The van der Waals surface area contributed by atoms with Crippen molar-refractivity contribution in [1.82, 2.24) is 5.32 Å². The summed E-state index contributed by atoms with van der Waals surface area (Å²) >= 11 is 0. The van der Waals surface area contributed by atoms with Crippen molar-refractivity contribution in [3.8, 4) is 0 Å². The highest BCUT2D eigenvalue weighted by Gasteiger charge is 1.93. The Kier molecular flexibility index (Phi) is 6.56. The molecule has 1 rings (SSSR count). The van der Waals surface area contributed by atoms with Crippen molar-refractivity contribution in [3.05, 3.63) is 52.4 Å². The minimum absolute atomic E-state index is 0.587. The molecular formula is C13H18N4. The fourth-order valence-electron chi connectivity index (χ4n) is 1.54. The van der Waals surface area contributed by atoms with Crippen LogP contribution in [0.25, 0.3) is 16.5 Å². The van der Waals surface area contributed by atoms with E-state index in [0.29, 0.717) is 6.54 Å². The van der Waals surface area contributed by atoms with Gasteiger partial charge < -0.3 is 5.32 Å². The molecule has 1 aromatic carbocycles. The molecule has 4 heteroatoms. The third-order valence-corrected chi connectivity index (χ3v) is 2.44. The number of unbranched alkanes of at least 4 members (excludes halogenated alkanes) is 1. The van der Waals surface area contributed by atoms with Crippen molar-refractivity contribution in [2.24, 2.45) is 5.11 Å². The van der Waals surface area contributed by atoms with Crippen LogP contribution in [-0.4, -0.2) is 13.1 Å². The normalized spacial score (nSPS) is 9.65. The fraction of sp³-hybridized carbons (Fsp3) is 0.385. The molecule has 0 bridgehead atoms. The maximum Gasteiger partial charge on any atom is 0.0258 e. The van der Waals surface area contributed by atoms with Crippen molar-refractivity contribution in [3.63, 3.8) is 0 Å². The molecule has 0 spiro atoms. The number of rotatable bonds is 8. The van der Waals surface area contributed by atoms with E-state index in [-0.39, 0.29) is 0 Å². The minimum Gasteiger partial charge on any atom is -0.313 e. The zero-order valence-corrected chi connectivity index (χ0v) is 9.97. The van der Waals surface area contributed by atoms with Gasteiger partial charge in [0.15, 0.2) is 0 Å². The number of benzene rings is 1. The molecule has 0 saturated heterocycles. The summed E-state index contributed by atoms with van der Waals surface area (Å²) in [6, 6.07) is 8.30. The molecule has 0 heterocycles.